The van der Waals surface area contributed by atoms with Gasteiger partial charge in [0.15, 0.2) is 0 Å². The predicted molar refractivity (Wildman–Crippen MR) is 91.5 cm³/mol. The van der Waals surface area contributed by atoms with Crippen molar-refractivity contribution in [3.05, 3.63) is 65.7 Å². The first-order valence-corrected chi connectivity index (χ1v) is 8.22. The SMILES string of the molecule is COc1ccccc1CC1CCN(CCc2ccccc2)C1=O. The zero-order valence-electron chi connectivity index (χ0n) is 13.6. The lowest BCUT2D eigenvalue weighted by Gasteiger charge is -2.17. The number of rotatable bonds is 6. The lowest BCUT2D eigenvalue weighted by molar-refractivity contribution is -0.130. The Morgan fingerprint density at radius 3 is 2.61 bits per heavy atom. The first-order valence-electron chi connectivity index (χ1n) is 8.22. The van der Waals surface area contributed by atoms with Gasteiger partial charge in [0, 0.05) is 19.0 Å². The topological polar surface area (TPSA) is 29.5 Å². The van der Waals surface area contributed by atoms with Gasteiger partial charge in [-0.2, -0.15) is 0 Å². The summed E-state index contributed by atoms with van der Waals surface area (Å²) in [4.78, 5) is 14.6. The Bertz CT molecular complexity index is 654. The molecule has 1 atom stereocenters. The van der Waals surface area contributed by atoms with Gasteiger partial charge in [0.05, 0.1) is 7.11 Å². The normalized spacial score (nSPS) is 17.5. The number of likely N-dealkylation sites (tertiary alicyclic amines) is 1. The first kappa shape index (κ1) is 15.6. The number of amides is 1. The van der Waals surface area contributed by atoms with E-state index in [1.807, 2.05) is 41.3 Å². The second kappa shape index (κ2) is 7.32. The Morgan fingerprint density at radius 2 is 1.83 bits per heavy atom. The van der Waals surface area contributed by atoms with E-state index in [0.29, 0.717) is 0 Å². The summed E-state index contributed by atoms with van der Waals surface area (Å²) >= 11 is 0. The molecule has 1 aliphatic rings. The monoisotopic (exact) mass is 309 g/mol. The summed E-state index contributed by atoms with van der Waals surface area (Å²) in [5, 5.41) is 0. The first-order chi connectivity index (χ1) is 11.3. The lowest BCUT2D eigenvalue weighted by Crippen LogP contribution is -2.30. The molecule has 0 saturated carbocycles. The number of carbonyl (C=O) groups is 1. The Balaban J connectivity index is 1.58. The van der Waals surface area contributed by atoms with Crippen LogP contribution in [-0.2, 0) is 17.6 Å². The van der Waals surface area contributed by atoms with Crippen LogP contribution in [0.2, 0.25) is 0 Å². The third-order valence-electron chi connectivity index (χ3n) is 4.58. The minimum Gasteiger partial charge on any atom is -0.496 e. The minimum atomic E-state index is 0.0853. The van der Waals surface area contributed by atoms with Crippen molar-refractivity contribution in [2.24, 2.45) is 5.92 Å². The molecule has 120 valence electrons. The number of hydrogen-bond acceptors (Lipinski definition) is 2. The van der Waals surface area contributed by atoms with Crippen molar-refractivity contribution in [3.63, 3.8) is 0 Å². The molecule has 0 aliphatic carbocycles. The van der Waals surface area contributed by atoms with Gasteiger partial charge in [-0.05, 0) is 36.5 Å². The van der Waals surface area contributed by atoms with Crippen LogP contribution in [0.3, 0.4) is 0 Å². The van der Waals surface area contributed by atoms with E-state index in [1.165, 1.54) is 5.56 Å². The second-order valence-corrected chi connectivity index (χ2v) is 6.06. The number of ether oxygens (including phenoxy) is 1. The molecule has 3 nitrogen and oxygen atoms in total. The van der Waals surface area contributed by atoms with Crippen LogP contribution in [0.1, 0.15) is 17.5 Å². The molecule has 2 aromatic carbocycles. The molecule has 0 bridgehead atoms. The highest BCUT2D eigenvalue weighted by atomic mass is 16.5. The van der Waals surface area contributed by atoms with Crippen LogP contribution in [0.15, 0.2) is 54.6 Å². The fraction of sp³-hybridized carbons (Fsp3) is 0.350. The number of hydrogen-bond donors (Lipinski definition) is 0. The number of nitrogens with zero attached hydrogens (tertiary/aromatic N) is 1. The average molecular weight is 309 g/mol. The predicted octanol–water partition coefficient (Wildman–Crippen LogP) is 3.33. The third kappa shape index (κ3) is 3.73. The molecule has 3 rings (SSSR count). The Kier molecular flexibility index (Phi) is 4.96. The molecule has 2 aromatic rings. The van der Waals surface area contributed by atoms with Gasteiger partial charge in [0.2, 0.25) is 5.91 Å². The van der Waals surface area contributed by atoms with E-state index in [0.717, 1.165) is 43.7 Å². The number of carbonyl (C=O) groups excluding carboxylic acids is 1. The van der Waals surface area contributed by atoms with E-state index in [9.17, 15) is 4.79 Å². The van der Waals surface area contributed by atoms with Gasteiger partial charge >= 0.3 is 0 Å². The van der Waals surface area contributed by atoms with E-state index in [2.05, 4.69) is 18.2 Å². The van der Waals surface area contributed by atoms with Gasteiger partial charge in [0.1, 0.15) is 5.75 Å². The van der Waals surface area contributed by atoms with Crippen LogP contribution in [0.25, 0.3) is 0 Å². The molecule has 0 aromatic heterocycles. The summed E-state index contributed by atoms with van der Waals surface area (Å²) in [6, 6.07) is 18.3. The summed E-state index contributed by atoms with van der Waals surface area (Å²) in [6.45, 7) is 1.68. The molecular formula is C20H23NO2. The van der Waals surface area contributed by atoms with Crippen LogP contribution in [-0.4, -0.2) is 31.0 Å². The zero-order chi connectivity index (χ0) is 16.1. The zero-order valence-corrected chi connectivity index (χ0v) is 13.6. The Labute approximate surface area is 137 Å². The molecule has 1 unspecified atom stereocenters. The Hall–Kier alpha value is -2.29. The second-order valence-electron chi connectivity index (χ2n) is 6.06. The van der Waals surface area contributed by atoms with Crippen molar-refractivity contribution in [3.8, 4) is 5.75 Å². The molecule has 3 heteroatoms. The van der Waals surface area contributed by atoms with Crippen LogP contribution in [0, 0.1) is 5.92 Å². The summed E-state index contributed by atoms with van der Waals surface area (Å²) in [5.74, 6) is 1.25. The van der Waals surface area contributed by atoms with Crippen LogP contribution in [0.4, 0.5) is 0 Å². The summed E-state index contributed by atoms with van der Waals surface area (Å²) < 4.78 is 5.40. The van der Waals surface area contributed by atoms with Gasteiger partial charge in [-0.15, -0.1) is 0 Å². The van der Waals surface area contributed by atoms with Gasteiger partial charge in [-0.3, -0.25) is 4.79 Å². The minimum absolute atomic E-state index is 0.0853. The highest BCUT2D eigenvalue weighted by Gasteiger charge is 2.31. The molecule has 1 saturated heterocycles. The fourth-order valence-corrected chi connectivity index (χ4v) is 3.26. The standard InChI is InChI=1S/C20H23NO2/c1-23-19-10-6-5-9-17(19)15-18-12-14-21(20(18)22)13-11-16-7-3-2-4-8-16/h2-10,18H,11-15H2,1H3. The maximum atomic E-state index is 12.6. The van der Waals surface area contributed by atoms with E-state index in [1.54, 1.807) is 7.11 Å². The summed E-state index contributed by atoms with van der Waals surface area (Å²) in [6.07, 6.45) is 2.63. The fourth-order valence-electron chi connectivity index (χ4n) is 3.26. The molecular weight excluding hydrogens is 286 g/mol. The molecule has 0 radical (unpaired) electrons. The van der Waals surface area contributed by atoms with Crippen molar-refractivity contribution in [1.82, 2.24) is 4.90 Å². The van der Waals surface area contributed by atoms with Gasteiger partial charge < -0.3 is 9.64 Å². The quantitative estimate of drug-likeness (QED) is 0.819. The third-order valence-corrected chi connectivity index (χ3v) is 4.58. The molecule has 0 spiro atoms. The molecule has 0 N–H and O–H groups in total. The molecule has 1 amide bonds. The van der Waals surface area contributed by atoms with Gasteiger partial charge in [-0.1, -0.05) is 48.5 Å². The maximum absolute atomic E-state index is 12.6. The van der Waals surface area contributed by atoms with Crippen molar-refractivity contribution in [2.75, 3.05) is 20.2 Å². The van der Waals surface area contributed by atoms with Crippen LogP contribution in [0.5, 0.6) is 5.75 Å². The van der Waals surface area contributed by atoms with Gasteiger partial charge in [-0.25, -0.2) is 0 Å². The highest BCUT2D eigenvalue weighted by Crippen LogP contribution is 2.27. The molecule has 1 fully saturated rings. The van der Waals surface area contributed by atoms with Crippen molar-refractivity contribution < 1.29 is 9.53 Å². The largest absolute Gasteiger partial charge is 0.496 e. The van der Waals surface area contributed by atoms with E-state index >= 15 is 0 Å². The molecule has 23 heavy (non-hydrogen) atoms. The summed E-state index contributed by atoms with van der Waals surface area (Å²) in [5.41, 5.74) is 2.41. The molecule has 1 heterocycles. The van der Waals surface area contributed by atoms with Crippen LogP contribution < -0.4 is 4.74 Å². The highest BCUT2D eigenvalue weighted by molar-refractivity contribution is 5.81. The Morgan fingerprint density at radius 1 is 1.09 bits per heavy atom. The van der Waals surface area contributed by atoms with Crippen LogP contribution >= 0.6 is 0 Å². The van der Waals surface area contributed by atoms with Crippen molar-refractivity contribution in [2.45, 2.75) is 19.3 Å². The maximum Gasteiger partial charge on any atom is 0.226 e. The van der Waals surface area contributed by atoms with Gasteiger partial charge in [0.25, 0.3) is 0 Å². The number of benzene rings is 2. The van der Waals surface area contributed by atoms with E-state index < -0.39 is 0 Å². The lowest BCUT2D eigenvalue weighted by atomic mass is 9.97. The van der Waals surface area contributed by atoms with E-state index in [-0.39, 0.29) is 11.8 Å². The number of para-hydroxylation sites is 1. The van der Waals surface area contributed by atoms with Crippen molar-refractivity contribution in [1.29, 1.82) is 0 Å². The van der Waals surface area contributed by atoms with E-state index in [4.69, 9.17) is 4.74 Å². The molecule has 1 aliphatic heterocycles. The summed E-state index contributed by atoms with van der Waals surface area (Å²) in [7, 11) is 1.68. The number of methoxy groups -OCH3 is 1. The average Bonchev–Trinajstić information content (AvgIpc) is 2.94. The van der Waals surface area contributed by atoms with Crippen molar-refractivity contribution >= 4 is 5.91 Å². The smallest absolute Gasteiger partial charge is 0.226 e.